The molecule has 0 radical (unpaired) electrons. The van der Waals surface area contributed by atoms with Gasteiger partial charge < -0.3 is 5.32 Å². The molecule has 0 aliphatic rings. The summed E-state index contributed by atoms with van der Waals surface area (Å²) in [5, 5.41) is 9.09. The number of nitrogens with one attached hydrogen (secondary N) is 1. The van der Waals surface area contributed by atoms with Gasteiger partial charge in [0.2, 0.25) is 0 Å². The molecule has 0 fully saturated rings. The van der Waals surface area contributed by atoms with E-state index in [9.17, 15) is 4.79 Å². The molecule has 2 aromatic heterocycles. The van der Waals surface area contributed by atoms with E-state index < -0.39 is 0 Å². The van der Waals surface area contributed by atoms with Crippen LogP contribution in [0.25, 0.3) is 10.8 Å². The van der Waals surface area contributed by atoms with Gasteiger partial charge in [0.15, 0.2) is 0 Å². The molecule has 112 valence electrons. The third kappa shape index (κ3) is 2.57. The highest BCUT2D eigenvalue weighted by molar-refractivity contribution is 6.05. The van der Waals surface area contributed by atoms with Gasteiger partial charge in [0.25, 0.3) is 5.91 Å². The minimum Gasteiger partial charge on any atom is -0.342 e. The molecule has 0 saturated carbocycles. The zero-order valence-corrected chi connectivity index (χ0v) is 12.7. The fourth-order valence-electron chi connectivity index (χ4n) is 2.64. The van der Waals surface area contributed by atoms with E-state index >= 15 is 0 Å². The zero-order chi connectivity index (χ0) is 15.5. The standard InChI is InChI=1S/C17H18N4O/c1-3-14(15-9-11-19-21(15)2)20-17(22)16-13-7-5-4-6-12(13)8-10-18-16/h4-11,14H,3H2,1-2H3,(H,20,22)/t14-/m0/s1. The SMILES string of the molecule is CC[C@H](NC(=O)c1nccc2ccccc12)c1ccnn1C. The summed E-state index contributed by atoms with van der Waals surface area (Å²) in [5.74, 6) is -0.162. The molecule has 2 heterocycles. The number of carbonyl (C=O) groups excluding carboxylic acids is 1. The van der Waals surface area contributed by atoms with Crippen molar-refractivity contribution in [2.75, 3.05) is 0 Å². The Balaban J connectivity index is 1.91. The lowest BCUT2D eigenvalue weighted by atomic mass is 10.1. The van der Waals surface area contributed by atoms with Crippen molar-refractivity contribution < 1.29 is 4.79 Å². The van der Waals surface area contributed by atoms with Gasteiger partial charge in [-0.1, -0.05) is 31.2 Å². The number of amides is 1. The molecular formula is C17H18N4O. The lowest BCUT2D eigenvalue weighted by molar-refractivity contribution is 0.0931. The van der Waals surface area contributed by atoms with Crippen LogP contribution in [0, 0.1) is 0 Å². The number of fused-ring (bicyclic) bond motifs is 1. The van der Waals surface area contributed by atoms with Crippen molar-refractivity contribution >= 4 is 16.7 Å². The second-order valence-electron chi connectivity index (χ2n) is 5.19. The Morgan fingerprint density at radius 3 is 2.77 bits per heavy atom. The Kier molecular flexibility index (Phi) is 3.87. The van der Waals surface area contributed by atoms with Gasteiger partial charge in [-0.25, -0.2) is 0 Å². The molecule has 5 nitrogen and oxygen atoms in total. The summed E-state index contributed by atoms with van der Waals surface area (Å²) in [6, 6.07) is 11.5. The van der Waals surface area contributed by atoms with Gasteiger partial charge in [-0.05, 0) is 23.9 Å². The molecule has 1 aromatic carbocycles. The first kappa shape index (κ1) is 14.3. The van der Waals surface area contributed by atoms with Gasteiger partial charge in [-0.2, -0.15) is 5.10 Å². The Hall–Kier alpha value is -2.69. The second kappa shape index (κ2) is 5.97. The monoisotopic (exact) mass is 294 g/mol. The van der Waals surface area contributed by atoms with E-state index in [1.165, 1.54) is 0 Å². The molecule has 0 saturated heterocycles. The lowest BCUT2D eigenvalue weighted by Gasteiger charge is -2.17. The molecule has 0 unspecified atom stereocenters. The highest BCUT2D eigenvalue weighted by Gasteiger charge is 2.18. The topological polar surface area (TPSA) is 59.8 Å². The Bertz CT molecular complexity index is 804. The second-order valence-corrected chi connectivity index (χ2v) is 5.19. The van der Waals surface area contributed by atoms with E-state index in [1.807, 2.05) is 50.4 Å². The normalized spacial score (nSPS) is 12.3. The molecule has 3 aromatic rings. The van der Waals surface area contributed by atoms with Crippen LogP contribution in [0.15, 0.2) is 48.8 Å². The lowest BCUT2D eigenvalue weighted by Crippen LogP contribution is -2.30. The van der Waals surface area contributed by atoms with Crippen LogP contribution in [-0.4, -0.2) is 20.7 Å². The number of pyridine rings is 1. The van der Waals surface area contributed by atoms with Crippen molar-refractivity contribution in [1.29, 1.82) is 0 Å². The summed E-state index contributed by atoms with van der Waals surface area (Å²) in [6.07, 6.45) is 4.19. The minimum atomic E-state index is -0.162. The third-order valence-corrected chi connectivity index (χ3v) is 3.82. The van der Waals surface area contributed by atoms with Crippen LogP contribution in [-0.2, 0) is 7.05 Å². The van der Waals surface area contributed by atoms with Crippen LogP contribution >= 0.6 is 0 Å². The first-order valence-electron chi connectivity index (χ1n) is 7.33. The molecule has 22 heavy (non-hydrogen) atoms. The molecule has 0 bridgehead atoms. The van der Waals surface area contributed by atoms with Crippen LogP contribution in [0.3, 0.4) is 0 Å². The first-order chi connectivity index (χ1) is 10.7. The van der Waals surface area contributed by atoms with E-state index in [2.05, 4.69) is 15.4 Å². The van der Waals surface area contributed by atoms with Crippen molar-refractivity contribution in [2.24, 2.45) is 7.05 Å². The number of aromatic nitrogens is 3. The number of hydrogen-bond acceptors (Lipinski definition) is 3. The Morgan fingerprint density at radius 2 is 2.05 bits per heavy atom. The number of hydrogen-bond donors (Lipinski definition) is 1. The van der Waals surface area contributed by atoms with Crippen LogP contribution in [0.1, 0.15) is 35.6 Å². The molecule has 1 N–H and O–H groups in total. The summed E-state index contributed by atoms with van der Waals surface area (Å²) in [5.41, 5.74) is 1.44. The van der Waals surface area contributed by atoms with E-state index in [4.69, 9.17) is 0 Å². The van der Waals surface area contributed by atoms with Gasteiger partial charge >= 0.3 is 0 Å². The molecular weight excluding hydrogens is 276 g/mol. The average molecular weight is 294 g/mol. The fourth-order valence-corrected chi connectivity index (χ4v) is 2.64. The predicted octanol–water partition coefficient (Wildman–Crippen LogP) is 2.85. The van der Waals surface area contributed by atoms with Crippen molar-refractivity contribution in [3.63, 3.8) is 0 Å². The highest BCUT2D eigenvalue weighted by Crippen LogP contribution is 2.19. The molecule has 1 amide bonds. The van der Waals surface area contributed by atoms with E-state index in [-0.39, 0.29) is 11.9 Å². The Morgan fingerprint density at radius 1 is 1.23 bits per heavy atom. The maximum absolute atomic E-state index is 12.6. The van der Waals surface area contributed by atoms with Gasteiger partial charge in [-0.3, -0.25) is 14.5 Å². The largest absolute Gasteiger partial charge is 0.342 e. The van der Waals surface area contributed by atoms with Crippen molar-refractivity contribution in [3.8, 4) is 0 Å². The zero-order valence-electron chi connectivity index (χ0n) is 12.7. The van der Waals surface area contributed by atoms with Gasteiger partial charge in [0.05, 0.1) is 11.7 Å². The average Bonchev–Trinajstić information content (AvgIpc) is 2.97. The van der Waals surface area contributed by atoms with Crippen LogP contribution in [0.2, 0.25) is 0 Å². The smallest absolute Gasteiger partial charge is 0.271 e. The molecule has 1 atom stereocenters. The summed E-state index contributed by atoms with van der Waals surface area (Å²) in [4.78, 5) is 16.9. The quantitative estimate of drug-likeness (QED) is 0.805. The minimum absolute atomic E-state index is 0.0826. The summed E-state index contributed by atoms with van der Waals surface area (Å²) in [7, 11) is 1.88. The summed E-state index contributed by atoms with van der Waals surface area (Å²) >= 11 is 0. The number of aryl methyl sites for hydroxylation is 1. The summed E-state index contributed by atoms with van der Waals surface area (Å²) in [6.45, 7) is 2.04. The number of carbonyl (C=O) groups is 1. The maximum atomic E-state index is 12.6. The van der Waals surface area contributed by atoms with Gasteiger partial charge in [-0.15, -0.1) is 0 Å². The van der Waals surface area contributed by atoms with Crippen LogP contribution in [0.4, 0.5) is 0 Å². The van der Waals surface area contributed by atoms with Gasteiger partial charge in [0.1, 0.15) is 5.69 Å². The molecule has 5 heteroatoms. The van der Waals surface area contributed by atoms with Crippen molar-refractivity contribution in [2.45, 2.75) is 19.4 Å². The number of benzene rings is 1. The third-order valence-electron chi connectivity index (χ3n) is 3.82. The maximum Gasteiger partial charge on any atom is 0.271 e. The van der Waals surface area contributed by atoms with E-state index in [0.29, 0.717) is 5.69 Å². The van der Waals surface area contributed by atoms with Crippen LogP contribution in [0.5, 0.6) is 0 Å². The number of rotatable bonds is 4. The molecule has 3 rings (SSSR count). The van der Waals surface area contributed by atoms with Crippen LogP contribution < -0.4 is 5.32 Å². The first-order valence-corrected chi connectivity index (χ1v) is 7.33. The van der Waals surface area contributed by atoms with Gasteiger partial charge in [0, 0.05) is 24.8 Å². The van der Waals surface area contributed by atoms with E-state index in [0.717, 1.165) is 22.9 Å². The molecule has 0 spiro atoms. The fraction of sp³-hybridized carbons (Fsp3) is 0.235. The molecule has 0 aliphatic heterocycles. The Labute approximate surface area is 129 Å². The number of nitrogens with zero attached hydrogens (tertiary/aromatic N) is 3. The van der Waals surface area contributed by atoms with E-state index in [1.54, 1.807) is 17.1 Å². The van der Waals surface area contributed by atoms with Crippen molar-refractivity contribution in [3.05, 3.63) is 60.2 Å². The molecule has 0 aliphatic carbocycles. The highest BCUT2D eigenvalue weighted by atomic mass is 16.1. The summed E-state index contributed by atoms with van der Waals surface area (Å²) < 4.78 is 1.78. The van der Waals surface area contributed by atoms with Crippen molar-refractivity contribution in [1.82, 2.24) is 20.1 Å². The predicted molar refractivity (Wildman–Crippen MR) is 85.4 cm³/mol.